The van der Waals surface area contributed by atoms with E-state index in [4.69, 9.17) is 25.8 Å². The molecule has 5 aromatic carbocycles. The first-order valence-electron chi connectivity index (χ1n) is 17.5. The number of aliphatic hydroxyl groups is 2. The second kappa shape index (κ2) is 16.3. The normalized spacial score (nSPS) is 20.2. The van der Waals surface area contributed by atoms with Gasteiger partial charge in [0.1, 0.15) is 11.5 Å². The van der Waals surface area contributed by atoms with E-state index in [0.29, 0.717) is 48.0 Å². The van der Waals surface area contributed by atoms with Crippen LogP contribution < -0.4 is 15.4 Å². The summed E-state index contributed by atoms with van der Waals surface area (Å²) >= 11 is 6.09. The predicted molar refractivity (Wildman–Crippen MR) is 201 cm³/mol. The van der Waals surface area contributed by atoms with E-state index in [-0.39, 0.29) is 24.8 Å². The first-order valence-corrected chi connectivity index (χ1v) is 17.9. The van der Waals surface area contributed by atoms with Crippen LogP contribution in [0.25, 0.3) is 0 Å². The van der Waals surface area contributed by atoms with Gasteiger partial charge in [-0.3, -0.25) is 0 Å². The highest BCUT2D eigenvalue weighted by Crippen LogP contribution is 2.40. The molecule has 2 aliphatic heterocycles. The zero-order valence-corrected chi connectivity index (χ0v) is 29.4. The molecular weight excluding hydrogens is 678 g/mol. The van der Waals surface area contributed by atoms with Crippen LogP contribution in [0, 0.1) is 0 Å². The lowest BCUT2D eigenvalue weighted by atomic mass is 9.84. The summed E-state index contributed by atoms with van der Waals surface area (Å²) in [6.45, 7) is 2.09. The number of anilines is 2. The van der Waals surface area contributed by atoms with Crippen LogP contribution in [0.3, 0.4) is 0 Å². The summed E-state index contributed by atoms with van der Waals surface area (Å²) in [7, 11) is 0. The van der Waals surface area contributed by atoms with Crippen LogP contribution in [0.1, 0.15) is 53.9 Å². The Morgan fingerprint density at radius 2 is 1.48 bits per heavy atom. The maximum absolute atomic E-state index is 13.0. The largest absolute Gasteiger partial charge is 0.457 e. The van der Waals surface area contributed by atoms with E-state index < -0.39 is 11.9 Å². The molecule has 9 nitrogen and oxygen atoms in total. The fraction of sp³-hybridized carbons (Fsp3) is 0.262. The van der Waals surface area contributed by atoms with E-state index >= 15 is 0 Å². The molecule has 0 saturated carbocycles. The molecule has 2 saturated heterocycles. The standard InChI is InChI=1S/C42H42ClN3O6/c43-33-15-13-32(14-16-33)42(49)21-23-46(24-22-42)27-38-26-39(30-11-9-29(28-47)10-12-30)52-40(51-38)31-5-4-6-35(25-31)45-41(48)44-34-17-19-37(20-18-34)50-36-7-2-1-3-8-36/h1-20,25,38-40,47,49H,21-24,26-28H2,(H2,44,45,48)/t38-,39+,40+/m1/s1. The summed E-state index contributed by atoms with van der Waals surface area (Å²) in [5, 5.41) is 27.5. The lowest BCUT2D eigenvalue weighted by Crippen LogP contribution is -2.46. The number of rotatable bonds is 10. The van der Waals surface area contributed by atoms with Gasteiger partial charge in [0.15, 0.2) is 6.29 Å². The van der Waals surface area contributed by atoms with E-state index in [9.17, 15) is 15.0 Å². The highest BCUT2D eigenvalue weighted by atomic mass is 35.5. The first-order chi connectivity index (χ1) is 25.3. The summed E-state index contributed by atoms with van der Waals surface area (Å²) in [4.78, 5) is 15.3. The topological polar surface area (TPSA) is 113 Å². The fourth-order valence-electron chi connectivity index (χ4n) is 6.76. The summed E-state index contributed by atoms with van der Waals surface area (Å²) in [6, 6.07) is 39.0. The number of para-hydroxylation sites is 1. The number of carbonyl (C=O) groups excluding carboxylic acids is 1. The van der Waals surface area contributed by atoms with Crippen molar-refractivity contribution in [3.8, 4) is 11.5 Å². The van der Waals surface area contributed by atoms with Crippen LogP contribution in [0.2, 0.25) is 5.02 Å². The highest BCUT2D eigenvalue weighted by Gasteiger charge is 2.37. The Balaban J connectivity index is 1.01. The number of amides is 2. The van der Waals surface area contributed by atoms with Crippen molar-refractivity contribution in [2.45, 2.75) is 50.0 Å². The molecule has 2 aliphatic rings. The lowest BCUT2D eigenvalue weighted by Gasteiger charge is -2.42. The summed E-state index contributed by atoms with van der Waals surface area (Å²) in [5.74, 6) is 1.40. The molecule has 4 N–H and O–H groups in total. The molecule has 10 heteroatoms. The Hall–Kier alpha value is -4.74. The van der Waals surface area contributed by atoms with Crippen LogP contribution >= 0.6 is 11.6 Å². The van der Waals surface area contributed by atoms with Crippen LogP contribution in [0.4, 0.5) is 16.2 Å². The zero-order chi connectivity index (χ0) is 35.9. The van der Waals surface area contributed by atoms with Gasteiger partial charge >= 0.3 is 6.03 Å². The van der Waals surface area contributed by atoms with Gasteiger partial charge in [-0.25, -0.2) is 4.79 Å². The zero-order valence-electron chi connectivity index (χ0n) is 28.7. The molecule has 0 unspecified atom stereocenters. The third-order valence-corrected chi connectivity index (χ3v) is 9.90. The number of hydrogen-bond donors (Lipinski definition) is 4. The SMILES string of the molecule is O=C(Nc1ccc(Oc2ccccc2)cc1)Nc1cccc([C@H]2O[C@@H](CN3CCC(O)(c4ccc(Cl)cc4)CC3)C[C@@H](c3ccc(CO)cc3)O2)c1. The molecule has 52 heavy (non-hydrogen) atoms. The van der Waals surface area contributed by atoms with Crippen LogP contribution in [0.5, 0.6) is 11.5 Å². The van der Waals surface area contributed by atoms with Gasteiger partial charge in [-0.2, -0.15) is 0 Å². The van der Waals surface area contributed by atoms with Gasteiger partial charge in [0.05, 0.1) is 24.4 Å². The van der Waals surface area contributed by atoms with Crippen LogP contribution in [-0.4, -0.2) is 46.9 Å². The van der Waals surface area contributed by atoms with Crippen molar-refractivity contribution >= 4 is 29.0 Å². The Morgan fingerprint density at radius 3 is 2.19 bits per heavy atom. The van der Waals surface area contributed by atoms with Crippen LogP contribution in [-0.2, 0) is 21.7 Å². The van der Waals surface area contributed by atoms with Crippen molar-refractivity contribution < 1.29 is 29.2 Å². The van der Waals surface area contributed by atoms with Gasteiger partial charge in [0.2, 0.25) is 0 Å². The maximum Gasteiger partial charge on any atom is 0.323 e. The average Bonchev–Trinajstić information content (AvgIpc) is 3.17. The fourth-order valence-corrected chi connectivity index (χ4v) is 6.89. The molecule has 2 fully saturated rings. The Bertz CT molecular complexity index is 1920. The number of piperidine rings is 1. The Labute approximate surface area is 308 Å². The van der Waals surface area contributed by atoms with E-state index in [1.54, 1.807) is 24.3 Å². The van der Waals surface area contributed by atoms with Gasteiger partial charge < -0.3 is 40.0 Å². The number of hydrogen-bond acceptors (Lipinski definition) is 7. The van der Waals surface area contributed by atoms with E-state index in [0.717, 1.165) is 41.1 Å². The van der Waals surface area contributed by atoms with E-state index in [1.165, 1.54) is 0 Å². The van der Waals surface area contributed by atoms with Crippen molar-refractivity contribution in [1.29, 1.82) is 0 Å². The van der Waals surface area contributed by atoms with Gasteiger partial charge in [-0.15, -0.1) is 0 Å². The summed E-state index contributed by atoms with van der Waals surface area (Å²) in [6.07, 6.45) is 0.767. The minimum absolute atomic E-state index is 0.0289. The monoisotopic (exact) mass is 719 g/mol. The van der Waals surface area contributed by atoms with Gasteiger partial charge in [0, 0.05) is 48.0 Å². The Morgan fingerprint density at radius 1 is 0.788 bits per heavy atom. The quantitative estimate of drug-likeness (QED) is 0.114. The molecule has 2 amide bonds. The minimum Gasteiger partial charge on any atom is -0.457 e. The number of carbonyl (C=O) groups is 1. The molecule has 0 aromatic heterocycles. The molecular formula is C42H42ClN3O6. The second-order valence-electron chi connectivity index (χ2n) is 13.3. The maximum atomic E-state index is 13.0. The molecule has 0 bridgehead atoms. The minimum atomic E-state index is -0.892. The van der Waals surface area contributed by atoms with Gasteiger partial charge in [-0.1, -0.05) is 78.3 Å². The van der Waals surface area contributed by atoms with Crippen molar-refractivity contribution in [1.82, 2.24) is 4.90 Å². The third-order valence-electron chi connectivity index (χ3n) is 9.65. The molecule has 2 heterocycles. The number of ether oxygens (including phenoxy) is 3. The number of likely N-dealkylation sites (tertiary alicyclic amines) is 1. The van der Waals surface area contributed by atoms with Crippen molar-refractivity contribution in [3.05, 3.63) is 155 Å². The molecule has 0 spiro atoms. The molecule has 268 valence electrons. The summed E-state index contributed by atoms with van der Waals surface area (Å²) in [5.41, 5.74) is 3.82. The third kappa shape index (κ3) is 9.00. The molecule has 0 aliphatic carbocycles. The number of urea groups is 1. The predicted octanol–water partition coefficient (Wildman–Crippen LogP) is 8.80. The first kappa shape index (κ1) is 35.7. The molecule has 0 radical (unpaired) electrons. The van der Waals surface area contributed by atoms with Crippen molar-refractivity contribution in [2.24, 2.45) is 0 Å². The second-order valence-corrected chi connectivity index (χ2v) is 13.8. The number of aliphatic hydroxyl groups excluding tert-OH is 1. The Kier molecular flexibility index (Phi) is 11.2. The average molecular weight is 720 g/mol. The van der Waals surface area contributed by atoms with E-state index in [1.807, 2.05) is 103 Å². The molecule has 5 aromatic rings. The van der Waals surface area contributed by atoms with Gasteiger partial charge in [0.25, 0.3) is 0 Å². The number of nitrogens with zero attached hydrogens (tertiary/aromatic N) is 1. The number of benzene rings is 5. The van der Waals surface area contributed by atoms with E-state index in [2.05, 4.69) is 15.5 Å². The molecule has 7 rings (SSSR count). The van der Waals surface area contributed by atoms with Crippen molar-refractivity contribution in [3.63, 3.8) is 0 Å². The highest BCUT2D eigenvalue weighted by molar-refractivity contribution is 6.30. The smallest absolute Gasteiger partial charge is 0.323 e. The number of halogens is 1. The van der Waals surface area contributed by atoms with Crippen molar-refractivity contribution in [2.75, 3.05) is 30.3 Å². The molecule has 3 atom stereocenters. The van der Waals surface area contributed by atoms with Gasteiger partial charge in [-0.05, 0) is 90.2 Å². The summed E-state index contributed by atoms with van der Waals surface area (Å²) < 4.78 is 19.0. The van der Waals surface area contributed by atoms with Crippen LogP contribution in [0.15, 0.2) is 127 Å². The lowest BCUT2D eigenvalue weighted by molar-refractivity contribution is -0.253. The number of nitrogens with one attached hydrogen (secondary N) is 2.